The van der Waals surface area contributed by atoms with Crippen molar-refractivity contribution in [3.63, 3.8) is 0 Å². The standard InChI is InChI=1S/C20H28N4O3/c1-4-19(23-10-12-24(13-11-23)20(25)26-5-2)27-16-6-7-17(15(3)14-16)18-8-9-21-22-18/h6-9,14,19H,4-5,10-13H2,1-3H3,(H,21,22). The molecular weight excluding hydrogens is 344 g/mol. The second-order valence-corrected chi connectivity index (χ2v) is 6.65. The number of carbonyl (C=O) groups is 1. The number of ether oxygens (including phenoxy) is 2. The van der Waals surface area contributed by atoms with Gasteiger partial charge in [-0.3, -0.25) is 10.00 Å². The predicted octanol–water partition coefficient (Wildman–Crippen LogP) is 3.27. The van der Waals surface area contributed by atoms with E-state index in [0.717, 1.165) is 42.1 Å². The highest BCUT2D eigenvalue weighted by atomic mass is 16.6. The quantitative estimate of drug-likeness (QED) is 0.843. The first-order chi connectivity index (χ1) is 13.1. The van der Waals surface area contributed by atoms with Crippen molar-refractivity contribution in [1.29, 1.82) is 0 Å². The fraction of sp³-hybridized carbons (Fsp3) is 0.500. The van der Waals surface area contributed by atoms with E-state index < -0.39 is 0 Å². The van der Waals surface area contributed by atoms with Gasteiger partial charge in [0, 0.05) is 37.9 Å². The maximum absolute atomic E-state index is 11.8. The largest absolute Gasteiger partial charge is 0.475 e. The summed E-state index contributed by atoms with van der Waals surface area (Å²) in [6, 6.07) is 8.08. The van der Waals surface area contributed by atoms with Crippen LogP contribution in [0.1, 0.15) is 25.8 Å². The number of amides is 1. The lowest BCUT2D eigenvalue weighted by atomic mass is 10.1. The minimum absolute atomic E-state index is 0.00764. The number of carbonyl (C=O) groups excluding carboxylic acids is 1. The Balaban J connectivity index is 1.61. The summed E-state index contributed by atoms with van der Waals surface area (Å²) >= 11 is 0. The molecule has 1 aromatic carbocycles. The zero-order valence-electron chi connectivity index (χ0n) is 16.3. The summed E-state index contributed by atoms with van der Waals surface area (Å²) in [4.78, 5) is 15.9. The number of benzene rings is 1. The van der Waals surface area contributed by atoms with Gasteiger partial charge in [-0.1, -0.05) is 6.92 Å². The van der Waals surface area contributed by atoms with Gasteiger partial charge < -0.3 is 14.4 Å². The van der Waals surface area contributed by atoms with Crippen molar-refractivity contribution in [2.45, 2.75) is 33.4 Å². The van der Waals surface area contributed by atoms with Crippen LogP contribution in [0.4, 0.5) is 4.79 Å². The highest BCUT2D eigenvalue weighted by Gasteiger charge is 2.27. The molecule has 2 aromatic rings. The summed E-state index contributed by atoms with van der Waals surface area (Å²) in [5.41, 5.74) is 3.26. The molecule has 1 saturated heterocycles. The van der Waals surface area contributed by atoms with Crippen molar-refractivity contribution < 1.29 is 14.3 Å². The number of nitrogens with zero attached hydrogens (tertiary/aromatic N) is 3. The van der Waals surface area contributed by atoms with E-state index in [1.54, 1.807) is 11.1 Å². The van der Waals surface area contributed by atoms with Gasteiger partial charge in [-0.05, 0) is 50.1 Å². The number of hydrogen-bond donors (Lipinski definition) is 1. The first kappa shape index (κ1) is 19.2. The molecule has 1 aliphatic rings. The molecule has 1 fully saturated rings. The van der Waals surface area contributed by atoms with Gasteiger partial charge in [0.1, 0.15) is 5.75 Å². The summed E-state index contributed by atoms with van der Waals surface area (Å²) < 4.78 is 11.3. The normalized spacial score (nSPS) is 16.2. The van der Waals surface area contributed by atoms with Crippen LogP contribution in [-0.2, 0) is 4.74 Å². The maximum atomic E-state index is 11.8. The van der Waals surface area contributed by atoms with Crippen LogP contribution >= 0.6 is 0 Å². The Hall–Kier alpha value is -2.54. The van der Waals surface area contributed by atoms with E-state index >= 15 is 0 Å². The Morgan fingerprint density at radius 1 is 1.22 bits per heavy atom. The van der Waals surface area contributed by atoms with Crippen LogP contribution in [0.25, 0.3) is 11.3 Å². The number of aryl methyl sites for hydroxylation is 1. The van der Waals surface area contributed by atoms with Crippen molar-refractivity contribution in [1.82, 2.24) is 20.0 Å². The molecule has 1 aromatic heterocycles. The van der Waals surface area contributed by atoms with Gasteiger partial charge in [0.15, 0.2) is 6.23 Å². The number of rotatable bonds is 6. The zero-order valence-corrected chi connectivity index (χ0v) is 16.3. The lowest BCUT2D eigenvalue weighted by molar-refractivity contribution is -0.0100. The Bertz CT molecular complexity index is 740. The molecule has 1 atom stereocenters. The van der Waals surface area contributed by atoms with Gasteiger partial charge >= 0.3 is 6.09 Å². The molecule has 7 heteroatoms. The molecule has 7 nitrogen and oxygen atoms in total. The molecule has 0 saturated carbocycles. The molecule has 2 heterocycles. The van der Waals surface area contributed by atoms with E-state index in [1.165, 1.54) is 0 Å². The number of piperazine rings is 1. The first-order valence-electron chi connectivity index (χ1n) is 9.55. The Morgan fingerprint density at radius 3 is 2.59 bits per heavy atom. The van der Waals surface area contributed by atoms with Crippen molar-refractivity contribution in [2.75, 3.05) is 32.8 Å². The van der Waals surface area contributed by atoms with Crippen LogP contribution in [0.3, 0.4) is 0 Å². The van der Waals surface area contributed by atoms with Gasteiger partial charge in [-0.15, -0.1) is 0 Å². The topological polar surface area (TPSA) is 70.7 Å². The summed E-state index contributed by atoms with van der Waals surface area (Å²) in [5, 5.41) is 7.01. The van der Waals surface area contributed by atoms with Gasteiger partial charge in [0.2, 0.25) is 0 Å². The molecule has 27 heavy (non-hydrogen) atoms. The lowest BCUT2D eigenvalue weighted by Gasteiger charge is -2.38. The zero-order chi connectivity index (χ0) is 19.2. The van der Waals surface area contributed by atoms with E-state index in [4.69, 9.17) is 9.47 Å². The highest BCUT2D eigenvalue weighted by Crippen LogP contribution is 2.26. The lowest BCUT2D eigenvalue weighted by Crippen LogP contribution is -2.53. The molecule has 0 aliphatic carbocycles. The fourth-order valence-corrected chi connectivity index (χ4v) is 3.40. The molecule has 146 valence electrons. The van der Waals surface area contributed by atoms with E-state index in [9.17, 15) is 4.79 Å². The smallest absolute Gasteiger partial charge is 0.409 e. The summed E-state index contributed by atoms with van der Waals surface area (Å²) in [6.45, 7) is 9.32. The van der Waals surface area contributed by atoms with Crippen LogP contribution in [0.2, 0.25) is 0 Å². The van der Waals surface area contributed by atoms with Gasteiger partial charge in [0.25, 0.3) is 0 Å². The van der Waals surface area contributed by atoms with Crippen LogP contribution in [0, 0.1) is 6.92 Å². The van der Waals surface area contributed by atoms with Crippen LogP contribution in [-0.4, -0.2) is 65.1 Å². The van der Waals surface area contributed by atoms with E-state index in [0.29, 0.717) is 19.7 Å². The van der Waals surface area contributed by atoms with Gasteiger partial charge in [-0.25, -0.2) is 4.79 Å². The Labute approximate surface area is 160 Å². The third-order valence-electron chi connectivity index (χ3n) is 4.86. The summed E-state index contributed by atoms with van der Waals surface area (Å²) in [6.07, 6.45) is 2.39. The number of aromatic amines is 1. The molecular formula is C20H28N4O3. The molecule has 3 rings (SSSR count). The second kappa shape index (κ2) is 8.90. The molecule has 1 N–H and O–H groups in total. The average molecular weight is 372 g/mol. The summed E-state index contributed by atoms with van der Waals surface area (Å²) in [7, 11) is 0. The third kappa shape index (κ3) is 4.60. The third-order valence-corrected chi connectivity index (χ3v) is 4.86. The van der Waals surface area contributed by atoms with Crippen LogP contribution in [0.15, 0.2) is 30.5 Å². The van der Waals surface area contributed by atoms with Crippen molar-refractivity contribution in [3.8, 4) is 17.0 Å². The number of aromatic nitrogens is 2. The van der Waals surface area contributed by atoms with Crippen LogP contribution in [0.5, 0.6) is 5.75 Å². The molecule has 0 radical (unpaired) electrons. The molecule has 1 unspecified atom stereocenters. The number of nitrogens with one attached hydrogen (secondary N) is 1. The van der Waals surface area contributed by atoms with Gasteiger partial charge in [-0.2, -0.15) is 5.10 Å². The Kier molecular flexibility index (Phi) is 6.34. The summed E-state index contributed by atoms with van der Waals surface area (Å²) in [5.74, 6) is 0.857. The minimum atomic E-state index is -0.226. The molecule has 1 amide bonds. The fourth-order valence-electron chi connectivity index (χ4n) is 3.40. The molecule has 0 spiro atoms. The maximum Gasteiger partial charge on any atom is 0.409 e. The van der Waals surface area contributed by atoms with Crippen LogP contribution < -0.4 is 4.74 Å². The van der Waals surface area contributed by atoms with Crippen molar-refractivity contribution in [3.05, 3.63) is 36.0 Å². The van der Waals surface area contributed by atoms with Gasteiger partial charge in [0.05, 0.1) is 12.3 Å². The van der Waals surface area contributed by atoms with E-state index in [2.05, 4.69) is 41.1 Å². The molecule has 0 bridgehead atoms. The Morgan fingerprint density at radius 2 is 2.00 bits per heavy atom. The monoisotopic (exact) mass is 372 g/mol. The number of hydrogen-bond acceptors (Lipinski definition) is 5. The SMILES string of the molecule is CCOC(=O)N1CCN(C(CC)Oc2ccc(-c3ccn[nH]3)c(C)c2)CC1. The minimum Gasteiger partial charge on any atom is -0.475 e. The van der Waals surface area contributed by atoms with Crippen molar-refractivity contribution >= 4 is 6.09 Å². The molecule has 1 aliphatic heterocycles. The van der Waals surface area contributed by atoms with E-state index in [-0.39, 0.29) is 12.3 Å². The van der Waals surface area contributed by atoms with Crippen molar-refractivity contribution in [2.24, 2.45) is 0 Å². The second-order valence-electron chi connectivity index (χ2n) is 6.65. The highest BCUT2D eigenvalue weighted by molar-refractivity contribution is 5.67. The first-order valence-corrected chi connectivity index (χ1v) is 9.55. The van der Waals surface area contributed by atoms with E-state index in [1.807, 2.05) is 19.1 Å². The number of H-pyrrole nitrogens is 1. The predicted molar refractivity (Wildman–Crippen MR) is 104 cm³/mol. The average Bonchev–Trinajstić information content (AvgIpc) is 3.21.